The van der Waals surface area contributed by atoms with Gasteiger partial charge in [0.15, 0.2) is 12.4 Å². The molecule has 0 unspecified atom stereocenters. The van der Waals surface area contributed by atoms with Crippen molar-refractivity contribution in [3.05, 3.63) is 57.6 Å². The average molecular weight is 385 g/mol. The van der Waals surface area contributed by atoms with Crippen molar-refractivity contribution in [1.29, 1.82) is 0 Å². The summed E-state index contributed by atoms with van der Waals surface area (Å²) in [5.41, 5.74) is 3.02. The van der Waals surface area contributed by atoms with E-state index < -0.39 is 0 Å². The second kappa shape index (κ2) is 8.39. The number of carbonyl (C=O) groups excluding carboxylic acids is 1. The maximum absolute atomic E-state index is 12.1. The van der Waals surface area contributed by atoms with Crippen molar-refractivity contribution in [1.82, 2.24) is 10.3 Å². The third kappa shape index (κ3) is 4.98. The van der Waals surface area contributed by atoms with E-state index in [0.29, 0.717) is 24.0 Å². The highest BCUT2D eigenvalue weighted by Crippen LogP contribution is 2.27. The Morgan fingerprint density at radius 3 is 2.78 bits per heavy atom. The van der Waals surface area contributed by atoms with Gasteiger partial charge in [-0.3, -0.25) is 4.79 Å². The molecule has 0 aliphatic rings. The van der Waals surface area contributed by atoms with E-state index >= 15 is 0 Å². The first-order valence-electron chi connectivity index (χ1n) is 8.93. The predicted octanol–water partition coefficient (Wildman–Crippen LogP) is 4.84. The minimum Gasteiger partial charge on any atom is -0.483 e. The molecular weight excluding hydrogens is 360 g/mol. The normalized spacial score (nSPS) is 11.0. The zero-order chi connectivity index (χ0) is 19.4. The van der Waals surface area contributed by atoms with E-state index in [4.69, 9.17) is 9.15 Å². The fourth-order valence-electron chi connectivity index (χ4n) is 2.71. The molecule has 1 amide bonds. The highest BCUT2D eigenvalue weighted by Gasteiger charge is 2.12. The molecule has 3 aromatic rings. The molecular formula is C21H24N2O3S. The maximum atomic E-state index is 12.1. The van der Waals surface area contributed by atoms with Crippen LogP contribution >= 0.6 is 11.3 Å². The van der Waals surface area contributed by atoms with Crippen LogP contribution in [0.4, 0.5) is 0 Å². The van der Waals surface area contributed by atoms with E-state index in [0.717, 1.165) is 27.6 Å². The zero-order valence-corrected chi connectivity index (χ0v) is 16.9. The quantitative estimate of drug-likeness (QED) is 0.633. The van der Waals surface area contributed by atoms with Crippen molar-refractivity contribution in [3.63, 3.8) is 0 Å². The summed E-state index contributed by atoms with van der Waals surface area (Å²) in [6.07, 6.45) is 0. The Balaban J connectivity index is 1.53. The Labute approximate surface area is 163 Å². The molecule has 0 saturated heterocycles. The van der Waals surface area contributed by atoms with E-state index in [1.165, 1.54) is 0 Å². The highest BCUT2D eigenvalue weighted by molar-refractivity contribution is 7.09. The van der Waals surface area contributed by atoms with Gasteiger partial charge in [0.05, 0.1) is 11.6 Å². The molecule has 0 fully saturated rings. The average Bonchev–Trinajstić information content (AvgIpc) is 3.26. The molecule has 0 aliphatic heterocycles. The van der Waals surface area contributed by atoms with E-state index in [-0.39, 0.29) is 12.5 Å². The smallest absolute Gasteiger partial charge is 0.258 e. The highest BCUT2D eigenvalue weighted by atomic mass is 32.1. The van der Waals surface area contributed by atoms with Crippen molar-refractivity contribution in [2.24, 2.45) is 0 Å². The van der Waals surface area contributed by atoms with Crippen molar-refractivity contribution in [2.75, 3.05) is 6.61 Å². The van der Waals surface area contributed by atoms with Crippen LogP contribution in [0.15, 0.2) is 40.1 Å². The molecule has 2 heterocycles. The van der Waals surface area contributed by atoms with E-state index in [1.807, 2.05) is 37.4 Å². The van der Waals surface area contributed by atoms with Crippen molar-refractivity contribution < 1.29 is 13.9 Å². The predicted molar refractivity (Wildman–Crippen MR) is 107 cm³/mol. The third-order valence-electron chi connectivity index (χ3n) is 4.14. The van der Waals surface area contributed by atoms with Gasteiger partial charge < -0.3 is 14.5 Å². The van der Waals surface area contributed by atoms with E-state index in [9.17, 15) is 4.79 Å². The lowest BCUT2D eigenvalue weighted by Gasteiger charge is -2.14. The summed E-state index contributed by atoms with van der Waals surface area (Å²) in [4.78, 5) is 16.5. The van der Waals surface area contributed by atoms with Crippen molar-refractivity contribution in [2.45, 2.75) is 40.2 Å². The van der Waals surface area contributed by atoms with Gasteiger partial charge in [0.25, 0.3) is 5.91 Å². The Morgan fingerprint density at radius 1 is 1.26 bits per heavy atom. The Hall–Kier alpha value is -2.60. The van der Waals surface area contributed by atoms with Crippen LogP contribution in [0, 0.1) is 13.8 Å². The standard InChI is InChI=1S/C21H24N2O3S/c1-13(2)17-7-5-14(3)9-20(17)25-11-21(24)22-10-16-6-8-19(26-16)18-12-27-15(4)23-18/h5-9,12-13H,10-11H2,1-4H3,(H,22,24). The molecule has 0 bridgehead atoms. The number of carbonyl (C=O) groups is 1. The van der Waals surface area contributed by atoms with Crippen LogP contribution in [0.2, 0.25) is 0 Å². The lowest BCUT2D eigenvalue weighted by atomic mass is 10.0. The van der Waals surface area contributed by atoms with Crippen LogP contribution in [-0.4, -0.2) is 17.5 Å². The number of thiazole rings is 1. The molecule has 6 heteroatoms. The number of hydrogen-bond donors (Lipinski definition) is 1. The number of amides is 1. The summed E-state index contributed by atoms with van der Waals surface area (Å²) in [6.45, 7) is 8.47. The second-order valence-electron chi connectivity index (χ2n) is 6.78. The Kier molecular flexibility index (Phi) is 5.96. The van der Waals surface area contributed by atoms with Gasteiger partial charge in [0, 0.05) is 5.38 Å². The summed E-state index contributed by atoms with van der Waals surface area (Å²) in [6, 6.07) is 9.80. The molecule has 2 aromatic heterocycles. The van der Waals surface area contributed by atoms with Gasteiger partial charge in [-0.1, -0.05) is 26.0 Å². The lowest BCUT2D eigenvalue weighted by Crippen LogP contribution is -2.28. The molecule has 0 radical (unpaired) electrons. The number of nitrogens with zero attached hydrogens (tertiary/aromatic N) is 1. The van der Waals surface area contributed by atoms with Gasteiger partial charge in [-0.2, -0.15) is 0 Å². The number of rotatable bonds is 7. The van der Waals surface area contributed by atoms with Crippen molar-refractivity contribution in [3.8, 4) is 17.2 Å². The number of hydrogen-bond acceptors (Lipinski definition) is 5. The summed E-state index contributed by atoms with van der Waals surface area (Å²) in [5, 5.41) is 5.77. The van der Waals surface area contributed by atoms with Gasteiger partial charge in [0.2, 0.25) is 0 Å². The van der Waals surface area contributed by atoms with Crippen LogP contribution in [-0.2, 0) is 11.3 Å². The first-order valence-corrected chi connectivity index (χ1v) is 9.81. The largest absolute Gasteiger partial charge is 0.483 e. The molecule has 3 rings (SSSR count). The van der Waals surface area contributed by atoms with Crippen LogP contribution in [0.3, 0.4) is 0 Å². The molecule has 1 N–H and O–H groups in total. The van der Waals surface area contributed by atoms with E-state index in [2.05, 4.69) is 36.3 Å². The minimum absolute atomic E-state index is 0.0258. The molecule has 5 nitrogen and oxygen atoms in total. The molecule has 142 valence electrons. The summed E-state index contributed by atoms with van der Waals surface area (Å²) in [7, 11) is 0. The number of aryl methyl sites for hydroxylation is 2. The van der Waals surface area contributed by atoms with Crippen LogP contribution in [0.1, 0.15) is 41.7 Å². The number of ether oxygens (including phenoxy) is 1. The fourth-order valence-corrected chi connectivity index (χ4v) is 3.31. The van der Waals surface area contributed by atoms with Crippen LogP contribution < -0.4 is 10.1 Å². The zero-order valence-electron chi connectivity index (χ0n) is 16.0. The van der Waals surface area contributed by atoms with Gasteiger partial charge in [-0.25, -0.2) is 4.98 Å². The summed E-state index contributed by atoms with van der Waals surface area (Å²) >= 11 is 1.58. The number of aromatic nitrogens is 1. The molecule has 27 heavy (non-hydrogen) atoms. The SMILES string of the molecule is Cc1ccc(C(C)C)c(OCC(=O)NCc2ccc(-c3csc(C)n3)o2)c1. The molecule has 1 aromatic carbocycles. The van der Waals surface area contributed by atoms with E-state index in [1.54, 1.807) is 11.3 Å². The molecule has 0 saturated carbocycles. The first kappa shape index (κ1) is 19.2. The van der Waals surface area contributed by atoms with Crippen LogP contribution in [0.5, 0.6) is 5.75 Å². The van der Waals surface area contributed by atoms with Crippen molar-refractivity contribution >= 4 is 17.2 Å². The van der Waals surface area contributed by atoms with Gasteiger partial charge in [-0.05, 0) is 49.1 Å². The topological polar surface area (TPSA) is 64.4 Å². The summed E-state index contributed by atoms with van der Waals surface area (Å²) in [5.74, 6) is 2.30. The Morgan fingerprint density at radius 2 is 2.07 bits per heavy atom. The monoisotopic (exact) mass is 384 g/mol. The maximum Gasteiger partial charge on any atom is 0.258 e. The number of nitrogens with one attached hydrogen (secondary N) is 1. The molecule has 0 aliphatic carbocycles. The Bertz CT molecular complexity index is 927. The molecule has 0 spiro atoms. The van der Waals surface area contributed by atoms with Crippen LogP contribution in [0.25, 0.3) is 11.5 Å². The lowest BCUT2D eigenvalue weighted by molar-refractivity contribution is -0.123. The summed E-state index contributed by atoms with van der Waals surface area (Å²) < 4.78 is 11.5. The van der Waals surface area contributed by atoms with Gasteiger partial charge in [0.1, 0.15) is 17.2 Å². The van der Waals surface area contributed by atoms with Gasteiger partial charge in [-0.15, -0.1) is 11.3 Å². The first-order chi connectivity index (χ1) is 12.9. The number of furan rings is 1. The fraction of sp³-hybridized carbons (Fsp3) is 0.333. The third-order valence-corrected chi connectivity index (χ3v) is 4.92. The van der Waals surface area contributed by atoms with Gasteiger partial charge >= 0.3 is 0 Å². The molecule has 0 atom stereocenters. The second-order valence-corrected chi connectivity index (χ2v) is 7.84. The minimum atomic E-state index is -0.186. The number of benzene rings is 1.